The third-order valence-electron chi connectivity index (χ3n) is 3.84. The van der Waals surface area contributed by atoms with Crippen molar-refractivity contribution in [2.75, 3.05) is 25.3 Å². The number of hydrogen-bond donors (Lipinski definition) is 2. The molecule has 0 unspecified atom stereocenters. The molecule has 0 saturated heterocycles. The van der Waals surface area contributed by atoms with Crippen molar-refractivity contribution in [2.24, 2.45) is 0 Å². The van der Waals surface area contributed by atoms with Crippen LogP contribution in [0.2, 0.25) is 0 Å². The van der Waals surface area contributed by atoms with Gasteiger partial charge in [0.25, 0.3) is 0 Å². The second-order valence-electron chi connectivity index (χ2n) is 5.52. The Bertz CT molecular complexity index is 736. The van der Waals surface area contributed by atoms with Gasteiger partial charge in [-0.3, -0.25) is 0 Å². The highest BCUT2D eigenvalue weighted by Gasteiger charge is 2.22. The second kappa shape index (κ2) is 7.49. The fraction of sp³-hybridized carbons (Fsp3) is 0.278. The molecule has 24 heavy (non-hydrogen) atoms. The van der Waals surface area contributed by atoms with Crippen molar-refractivity contribution in [1.82, 2.24) is 5.32 Å². The predicted molar refractivity (Wildman–Crippen MR) is 96.4 cm³/mol. The van der Waals surface area contributed by atoms with Crippen LogP contribution in [0.4, 0.5) is 10.5 Å². The summed E-state index contributed by atoms with van der Waals surface area (Å²) in [6, 6.07) is 13.2. The number of benzene rings is 2. The maximum atomic E-state index is 12.2. The van der Waals surface area contributed by atoms with Crippen molar-refractivity contribution in [3.05, 3.63) is 48.0 Å². The first kappa shape index (κ1) is 16.5. The van der Waals surface area contributed by atoms with Crippen molar-refractivity contribution in [3.63, 3.8) is 0 Å². The number of carbonyl (C=O) groups excluding carboxylic acids is 1. The highest BCUT2D eigenvalue weighted by atomic mass is 32.2. The van der Waals surface area contributed by atoms with Gasteiger partial charge in [-0.05, 0) is 54.6 Å². The Kier molecular flexibility index (Phi) is 5.15. The molecule has 1 atom stereocenters. The van der Waals surface area contributed by atoms with Crippen LogP contribution in [0.25, 0.3) is 0 Å². The molecule has 3 rings (SSSR count). The first-order chi connectivity index (χ1) is 11.7. The number of thioether (sulfide) groups is 1. The summed E-state index contributed by atoms with van der Waals surface area (Å²) in [5, 5.41) is 5.83. The van der Waals surface area contributed by atoms with Gasteiger partial charge in [-0.2, -0.15) is 0 Å². The molecule has 0 fully saturated rings. The minimum Gasteiger partial charge on any atom is -0.497 e. The van der Waals surface area contributed by atoms with E-state index in [1.54, 1.807) is 18.9 Å². The van der Waals surface area contributed by atoms with Crippen LogP contribution in [0, 0.1) is 0 Å². The van der Waals surface area contributed by atoms with Crippen LogP contribution in [0.1, 0.15) is 5.56 Å². The van der Waals surface area contributed by atoms with Crippen molar-refractivity contribution < 1.29 is 14.3 Å². The molecule has 0 bridgehead atoms. The average molecular weight is 344 g/mol. The lowest BCUT2D eigenvalue weighted by molar-refractivity contribution is 0.222. The zero-order valence-corrected chi connectivity index (χ0v) is 14.5. The molecule has 2 aromatic carbocycles. The molecular weight excluding hydrogens is 324 g/mol. The Morgan fingerprint density at radius 2 is 2.17 bits per heavy atom. The zero-order chi connectivity index (χ0) is 16.9. The first-order valence-electron chi connectivity index (χ1n) is 7.69. The van der Waals surface area contributed by atoms with E-state index >= 15 is 0 Å². The quantitative estimate of drug-likeness (QED) is 0.833. The molecule has 6 heteroatoms. The lowest BCUT2D eigenvalue weighted by Gasteiger charge is -2.26. The molecule has 1 aliphatic rings. The standard InChI is InChI=1S/C18H20N2O3S/c1-22-15-6-7-17-12(9-15)8-14(11-23-17)20-18(21)19-13-4-3-5-16(10-13)24-2/h3-7,9-10,14H,8,11H2,1-2H3,(H2,19,20,21)/t14-/m1/s1. The van der Waals surface area contributed by atoms with Crippen molar-refractivity contribution in [1.29, 1.82) is 0 Å². The highest BCUT2D eigenvalue weighted by Crippen LogP contribution is 2.28. The third-order valence-corrected chi connectivity index (χ3v) is 4.56. The van der Waals surface area contributed by atoms with E-state index in [1.165, 1.54) is 0 Å². The normalized spacial score (nSPS) is 15.8. The minimum absolute atomic E-state index is 0.0756. The number of nitrogens with one attached hydrogen (secondary N) is 2. The van der Waals surface area contributed by atoms with E-state index in [2.05, 4.69) is 10.6 Å². The van der Waals surface area contributed by atoms with Crippen molar-refractivity contribution >= 4 is 23.5 Å². The lowest BCUT2D eigenvalue weighted by atomic mass is 10.0. The monoisotopic (exact) mass is 344 g/mol. The van der Waals surface area contributed by atoms with Crippen LogP contribution in [0.3, 0.4) is 0 Å². The Morgan fingerprint density at radius 1 is 1.29 bits per heavy atom. The van der Waals surface area contributed by atoms with Crippen LogP contribution in [0.15, 0.2) is 47.4 Å². The van der Waals surface area contributed by atoms with Crippen LogP contribution < -0.4 is 20.1 Å². The molecule has 2 N–H and O–H groups in total. The summed E-state index contributed by atoms with van der Waals surface area (Å²) in [5.74, 6) is 1.64. The van der Waals surface area contributed by atoms with Crippen molar-refractivity contribution in [3.8, 4) is 11.5 Å². The number of rotatable bonds is 4. The Balaban J connectivity index is 1.60. The average Bonchev–Trinajstić information content (AvgIpc) is 2.61. The van der Waals surface area contributed by atoms with E-state index in [1.807, 2.05) is 48.7 Å². The summed E-state index contributed by atoms with van der Waals surface area (Å²) in [6.45, 7) is 0.456. The topological polar surface area (TPSA) is 59.6 Å². The molecule has 0 saturated carbocycles. The van der Waals surface area contributed by atoms with Gasteiger partial charge in [0.15, 0.2) is 0 Å². The molecule has 1 heterocycles. The lowest BCUT2D eigenvalue weighted by Crippen LogP contribution is -2.44. The summed E-state index contributed by atoms with van der Waals surface area (Å²) in [6.07, 6.45) is 2.72. The fourth-order valence-electron chi connectivity index (χ4n) is 2.64. The summed E-state index contributed by atoms with van der Waals surface area (Å²) in [4.78, 5) is 13.3. The van der Waals surface area contributed by atoms with E-state index in [-0.39, 0.29) is 12.1 Å². The number of amides is 2. The molecule has 0 aromatic heterocycles. The largest absolute Gasteiger partial charge is 0.497 e. The van der Waals surface area contributed by atoms with Gasteiger partial charge >= 0.3 is 6.03 Å². The minimum atomic E-state index is -0.229. The third kappa shape index (κ3) is 3.94. The van der Waals surface area contributed by atoms with Crippen LogP contribution in [-0.2, 0) is 6.42 Å². The van der Waals surface area contributed by atoms with Crippen LogP contribution in [-0.4, -0.2) is 32.0 Å². The Hall–Kier alpha value is -2.34. The molecule has 2 amide bonds. The van der Waals surface area contributed by atoms with Crippen LogP contribution in [0.5, 0.6) is 11.5 Å². The summed E-state index contributed by atoms with van der Waals surface area (Å²) >= 11 is 1.64. The summed E-state index contributed by atoms with van der Waals surface area (Å²) in [7, 11) is 1.64. The van der Waals surface area contributed by atoms with E-state index in [4.69, 9.17) is 9.47 Å². The number of carbonyl (C=O) groups is 1. The number of fused-ring (bicyclic) bond motifs is 1. The number of ether oxygens (including phenoxy) is 2. The van der Waals surface area contributed by atoms with E-state index in [9.17, 15) is 4.79 Å². The molecule has 0 aliphatic carbocycles. The fourth-order valence-corrected chi connectivity index (χ4v) is 3.10. The van der Waals surface area contributed by atoms with Crippen molar-refractivity contribution in [2.45, 2.75) is 17.4 Å². The SMILES string of the molecule is COc1ccc2c(c1)C[C@@H](NC(=O)Nc1cccc(SC)c1)CO2. The number of methoxy groups -OCH3 is 1. The highest BCUT2D eigenvalue weighted by molar-refractivity contribution is 7.98. The van der Waals surface area contributed by atoms with E-state index in [0.717, 1.165) is 27.6 Å². The molecule has 0 radical (unpaired) electrons. The van der Waals surface area contributed by atoms with Gasteiger partial charge in [0, 0.05) is 10.6 Å². The van der Waals surface area contributed by atoms with E-state index < -0.39 is 0 Å². The molecule has 2 aromatic rings. The van der Waals surface area contributed by atoms with Crippen LogP contribution >= 0.6 is 11.8 Å². The molecule has 0 spiro atoms. The maximum Gasteiger partial charge on any atom is 0.319 e. The van der Waals surface area contributed by atoms with Gasteiger partial charge < -0.3 is 20.1 Å². The van der Waals surface area contributed by atoms with Gasteiger partial charge in [-0.25, -0.2) is 4.79 Å². The van der Waals surface area contributed by atoms with Gasteiger partial charge in [0.1, 0.15) is 18.1 Å². The molecule has 5 nitrogen and oxygen atoms in total. The number of anilines is 1. The number of hydrogen-bond acceptors (Lipinski definition) is 4. The Morgan fingerprint density at radius 3 is 2.96 bits per heavy atom. The molecular formula is C18H20N2O3S. The van der Waals surface area contributed by atoms with Gasteiger partial charge in [-0.15, -0.1) is 11.8 Å². The van der Waals surface area contributed by atoms with Gasteiger partial charge in [0.2, 0.25) is 0 Å². The summed E-state index contributed by atoms with van der Waals surface area (Å²) < 4.78 is 11.0. The maximum absolute atomic E-state index is 12.2. The number of urea groups is 1. The predicted octanol–water partition coefficient (Wildman–Crippen LogP) is 3.54. The second-order valence-corrected chi connectivity index (χ2v) is 6.40. The molecule has 1 aliphatic heterocycles. The van der Waals surface area contributed by atoms with Gasteiger partial charge in [-0.1, -0.05) is 6.07 Å². The zero-order valence-electron chi connectivity index (χ0n) is 13.7. The van der Waals surface area contributed by atoms with Gasteiger partial charge in [0.05, 0.1) is 13.2 Å². The summed E-state index contributed by atoms with van der Waals surface area (Å²) in [5.41, 5.74) is 1.81. The molecule has 126 valence electrons. The smallest absolute Gasteiger partial charge is 0.319 e. The van der Waals surface area contributed by atoms with E-state index in [0.29, 0.717) is 13.0 Å². The Labute approximate surface area is 145 Å². The first-order valence-corrected chi connectivity index (χ1v) is 8.91.